The summed E-state index contributed by atoms with van der Waals surface area (Å²) in [6.07, 6.45) is 0.959. The van der Waals surface area contributed by atoms with Crippen LogP contribution >= 0.6 is 0 Å². The minimum absolute atomic E-state index is 0.431. The highest BCUT2D eigenvalue weighted by molar-refractivity contribution is 5.84. The van der Waals surface area contributed by atoms with Gasteiger partial charge in [-0.05, 0) is 17.5 Å². The second kappa shape index (κ2) is 5.01. The number of hydrogen-bond donors (Lipinski definition) is 1. The molecular weight excluding hydrogens is 200 g/mol. The Balaban J connectivity index is 2.10. The highest BCUT2D eigenvalue weighted by atomic mass is 16.5. The van der Waals surface area contributed by atoms with Crippen molar-refractivity contribution >= 4 is 5.84 Å². The molecule has 0 bridgehead atoms. The molecule has 0 aliphatic carbocycles. The van der Waals surface area contributed by atoms with Crippen LogP contribution in [-0.2, 0) is 0 Å². The van der Waals surface area contributed by atoms with Gasteiger partial charge in [0.2, 0.25) is 0 Å². The number of methoxy groups -OCH3 is 1. The topological polar surface area (TPSA) is 33.6 Å². The van der Waals surface area contributed by atoms with Crippen LogP contribution in [0.25, 0.3) is 0 Å². The lowest BCUT2D eigenvalue weighted by Gasteiger charge is -2.15. The second-order valence-corrected chi connectivity index (χ2v) is 4.10. The molecule has 1 aromatic carbocycles. The molecule has 0 spiro atoms. The van der Waals surface area contributed by atoms with Crippen molar-refractivity contribution in [1.29, 1.82) is 0 Å². The van der Waals surface area contributed by atoms with Gasteiger partial charge in [-0.1, -0.05) is 25.1 Å². The maximum absolute atomic E-state index is 5.37. The summed E-state index contributed by atoms with van der Waals surface area (Å²) in [6, 6.07) is 8.19. The van der Waals surface area contributed by atoms with Gasteiger partial charge in [-0.2, -0.15) is 0 Å². The molecule has 0 aromatic heterocycles. The zero-order valence-corrected chi connectivity index (χ0v) is 9.86. The quantitative estimate of drug-likeness (QED) is 0.840. The molecule has 0 saturated heterocycles. The van der Waals surface area contributed by atoms with Gasteiger partial charge in [0.25, 0.3) is 0 Å². The zero-order chi connectivity index (χ0) is 11.4. The molecule has 0 fully saturated rings. The maximum Gasteiger partial charge on any atom is 0.122 e. The first-order chi connectivity index (χ1) is 7.81. The SMILES string of the molecule is COc1ccccc1C(C)CC1=NCCN1. The van der Waals surface area contributed by atoms with Crippen LogP contribution in [0, 0.1) is 0 Å². The Hall–Kier alpha value is -1.51. The fraction of sp³-hybridized carbons (Fsp3) is 0.462. The van der Waals surface area contributed by atoms with Crippen LogP contribution in [0.1, 0.15) is 24.8 Å². The number of ether oxygens (including phenoxy) is 1. The zero-order valence-electron chi connectivity index (χ0n) is 9.86. The third-order valence-electron chi connectivity index (χ3n) is 2.91. The van der Waals surface area contributed by atoms with E-state index in [0.717, 1.165) is 31.1 Å². The van der Waals surface area contributed by atoms with Crippen molar-refractivity contribution in [3.8, 4) is 5.75 Å². The summed E-state index contributed by atoms with van der Waals surface area (Å²) in [5.41, 5.74) is 1.25. The molecule has 2 rings (SSSR count). The summed E-state index contributed by atoms with van der Waals surface area (Å²) in [6.45, 7) is 4.10. The standard InChI is InChI=1S/C13H18N2O/c1-10(9-13-14-7-8-15-13)11-5-3-4-6-12(11)16-2/h3-6,10H,7-9H2,1-2H3,(H,14,15). The van der Waals surface area contributed by atoms with Crippen LogP contribution in [0.15, 0.2) is 29.3 Å². The molecule has 1 atom stereocenters. The van der Waals surface area contributed by atoms with Gasteiger partial charge in [-0.15, -0.1) is 0 Å². The molecule has 0 radical (unpaired) electrons. The summed E-state index contributed by atoms with van der Waals surface area (Å²) in [4.78, 5) is 4.42. The Morgan fingerprint density at radius 2 is 2.25 bits per heavy atom. The highest BCUT2D eigenvalue weighted by Crippen LogP contribution is 2.28. The number of benzene rings is 1. The van der Waals surface area contributed by atoms with Crippen molar-refractivity contribution in [2.75, 3.05) is 20.2 Å². The molecule has 16 heavy (non-hydrogen) atoms. The minimum atomic E-state index is 0.431. The van der Waals surface area contributed by atoms with Gasteiger partial charge in [0, 0.05) is 13.0 Å². The van der Waals surface area contributed by atoms with Crippen molar-refractivity contribution in [3.63, 3.8) is 0 Å². The van der Waals surface area contributed by atoms with Crippen molar-refractivity contribution in [1.82, 2.24) is 5.32 Å². The molecule has 1 unspecified atom stereocenters. The minimum Gasteiger partial charge on any atom is -0.496 e. The first-order valence-electron chi connectivity index (χ1n) is 5.71. The van der Waals surface area contributed by atoms with Gasteiger partial charge in [0.15, 0.2) is 0 Å². The molecule has 1 N–H and O–H groups in total. The van der Waals surface area contributed by atoms with Crippen molar-refractivity contribution < 1.29 is 4.74 Å². The Kier molecular flexibility index (Phi) is 3.44. The summed E-state index contributed by atoms with van der Waals surface area (Å²) >= 11 is 0. The summed E-state index contributed by atoms with van der Waals surface area (Å²) in [5, 5.41) is 3.30. The number of aliphatic imine (C=N–C) groups is 1. The lowest BCUT2D eigenvalue weighted by atomic mass is 9.96. The van der Waals surface area contributed by atoms with E-state index in [1.54, 1.807) is 7.11 Å². The molecule has 1 aromatic rings. The molecule has 3 heteroatoms. The Morgan fingerprint density at radius 3 is 2.94 bits per heavy atom. The normalized spacial score (nSPS) is 16.5. The van der Waals surface area contributed by atoms with Gasteiger partial charge in [-0.25, -0.2) is 0 Å². The smallest absolute Gasteiger partial charge is 0.122 e. The summed E-state index contributed by atoms with van der Waals surface area (Å²) < 4.78 is 5.37. The van der Waals surface area contributed by atoms with E-state index in [9.17, 15) is 0 Å². The van der Waals surface area contributed by atoms with E-state index in [1.807, 2.05) is 12.1 Å². The van der Waals surface area contributed by atoms with E-state index >= 15 is 0 Å². The molecule has 86 valence electrons. The molecular formula is C13H18N2O. The monoisotopic (exact) mass is 218 g/mol. The molecule has 0 saturated carbocycles. The average molecular weight is 218 g/mol. The van der Waals surface area contributed by atoms with Crippen LogP contribution < -0.4 is 10.1 Å². The molecule has 0 amide bonds. The van der Waals surface area contributed by atoms with Gasteiger partial charge in [-0.3, -0.25) is 4.99 Å². The predicted octanol–water partition coefficient (Wildman–Crippen LogP) is 2.19. The van der Waals surface area contributed by atoms with Crippen LogP contribution in [0.5, 0.6) is 5.75 Å². The van der Waals surface area contributed by atoms with Crippen LogP contribution in [0.3, 0.4) is 0 Å². The van der Waals surface area contributed by atoms with E-state index < -0.39 is 0 Å². The van der Waals surface area contributed by atoms with E-state index in [1.165, 1.54) is 5.56 Å². The van der Waals surface area contributed by atoms with Crippen molar-refractivity contribution in [2.24, 2.45) is 4.99 Å². The number of para-hydroxylation sites is 1. The first-order valence-corrected chi connectivity index (χ1v) is 5.71. The maximum atomic E-state index is 5.37. The average Bonchev–Trinajstić information content (AvgIpc) is 2.81. The lowest BCUT2D eigenvalue weighted by Crippen LogP contribution is -2.20. The van der Waals surface area contributed by atoms with E-state index in [-0.39, 0.29) is 0 Å². The number of rotatable bonds is 4. The molecule has 1 aliphatic rings. The lowest BCUT2D eigenvalue weighted by molar-refractivity contribution is 0.407. The number of hydrogen-bond acceptors (Lipinski definition) is 3. The largest absolute Gasteiger partial charge is 0.496 e. The number of amidine groups is 1. The first kappa shape index (κ1) is 11.0. The molecule has 3 nitrogen and oxygen atoms in total. The van der Waals surface area contributed by atoms with E-state index in [0.29, 0.717) is 5.92 Å². The highest BCUT2D eigenvalue weighted by Gasteiger charge is 2.15. The summed E-state index contributed by atoms with van der Waals surface area (Å²) in [7, 11) is 1.72. The second-order valence-electron chi connectivity index (χ2n) is 4.10. The van der Waals surface area contributed by atoms with Crippen molar-refractivity contribution in [3.05, 3.63) is 29.8 Å². The fourth-order valence-corrected chi connectivity index (χ4v) is 2.06. The summed E-state index contributed by atoms with van der Waals surface area (Å²) in [5.74, 6) is 2.52. The van der Waals surface area contributed by atoms with Gasteiger partial charge in [0.05, 0.1) is 19.5 Å². The fourth-order valence-electron chi connectivity index (χ4n) is 2.06. The Morgan fingerprint density at radius 1 is 1.44 bits per heavy atom. The van der Waals surface area contributed by atoms with Gasteiger partial charge >= 0.3 is 0 Å². The van der Waals surface area contributed by atoms with Crippen LogP contribution in [0.4, 0.5) is 0 Å². The third-order valence-corrected chi connectivity index (χ3v) is 2.91. The van der Waals surface area contributed by atoms with Crippen LogP contribution in [0.2, 0.25) is 0 Å². The van der Waals surface area contributed by atoms with Gasteiger partial charge in [0.1, 0.15) is 5.75 Å². The van der Waals surface area contributed by atoms with E-state index in [2.05, 4.69) is 29.4 Å². The number of nitrogens with one attached hydrogen (secondary N) is 1. The van der Waals surface area contributed by atoms with Crippen LogP contribution in [-0.4, -0.2) is 26.0 Å². The van der Waals surface area contributed by atoms with E-state index in [4.69, 9.17) is 4.74 Å². The Labute approximate surface area is 96.5 Å². The number of nitrogens with zero attached hydrogens (tertiary/aromatic N) is 1. The predicted molar refractivity (Wildman–Crippen MR) is 66.3 cm³/mol. The third kappa shape index (κ3) is 2.35. The molecule has 1 heterocycles. The van der Waals surface area contributed by atoms with Gasteiger partial charge < -0.3 is 10.1 Å². The Bertz CT molecular complexity index is 387. The van der Waals surface area contributed by atoms with Crippen molar-refractivity contribution in [2.45, 2.75) is 19.3 Å². The molecule has 1 aliphatic heterocycles.